The molecule has 0 unspecified atom stereocenters. The molecule has 1 fully saturated rings. The monoisotopic (exact) mass is 296 g/mol. The Morgan fingerprint density at radius 3 is 2.60 bits per heavy atom. The Labute approximate surface area is 123 Å². The Morgan fingerprint density at radius 2 is 2.10 bits per heavy atom. The van der Waals surface area contributed by atoms with Gasteiger partial charge in [-0.05, 0) is 25.2 Å². The van der Waals surface area contributed by atoms with Crippen LogP contribution < -0.4 is 20.5 Å². The molecule has 0 aliphatic heterocycles. The van der Waals surface area contributed by atoms with Crippen LogP contribution in [0.2, 0.25) is 0 Å². The standard InChI is InChI=1S/C14H20N2O3S/c1-18-9-6-10(12(15)11(7-9)19-2)13(17)16-8-14(20-3)4-5-14/h6-7H,4-5,8,15H2,1-3H3,(H,16,17). The summed E-state index contributed by atoms with van der Waals surface area (Å²) in [4.78, 5) is 12.3. The molecule has 0 bridgehead atoms. The maximum Gasteiger partial charge on any atom is 0.253 e. The van der Waals surface area contributed by atoms with E-state index in [2.05, 4.69) is 11.6 Å². The van der Waals surface area contributed by atoms with Gasteiger partial charge in [-0.15, -0.1) is 0 Å². The Morgan fingerprint density at radius 1 is 1.40 bits per heavy atom. The number of nitrogen functional groups attached to an aromatic ring is 1. The molecule has 110 valence electrons. The van der Waals surface area contributed by atoms with Gasteiger partial charge in [-0.2, -0.15) is 11.8 Å². The van der Waals surface area contributed by atoms with Gasteiger partial charge in [0.05, 0.1) is 25.5 Å². The quantitative estimate of drug-likeness (QED) is 0.785. The molecule has 0 heterocycles. The van der Waals surface area contributed by atoms with Crippen LogP contribution in [0.4, 0.5) is 5.69 Å². The molecule has 1 aromatic rings. The lowest BCUT2D eigenvalue weighted by Gasteiger charge is -2.15. The molecule has 1 aliphatic rings. The van der Waals surface area contributed by atoms with Gasteiger partial charge in [0.15, 0.2) is 0 Å². The highest BCUT2D eigenvalue weighted by Crippen LogP contribution is 2.46. The van der Waals surface area contributed by atoms with Crippen LogP contribution in [-0.4, -0.2) is 37.7 Å². The van der Waals surface area contributed by atoms with E-state index in [1.807, 2.05) is 0 Å². The van der Waals surface area contributed by atoms with Crippen LogP contribution in [0.1, 0.15) is 23.2 Å². The number of nitrogens with one attached hydrogen (secondary N) is 1. The fourth-order valence-electron chi connectivity index (χ4n) is 2.01. The van der Waals surface area contributed by atoms with E-state index in [0.717, 1.165) is 12.8 Å². The normalized spacial score (nSPS) is 15.6. The average Bonchev–Trinajstić information content (AvgIpc) is 3.25. The topological polar surface area (TPSA) is 73.6 Å². The van der Waals surface area contributed by atoms with E-state index < -0.39 is 0 Å². The minimum Gasteiger partial charge on any atom is -0.497 e. The molecule has 1 aromatic carbocycles. The lowest BCUT2D eigenvalue weighted by atomic mass is 10.1. The number of carbonyl (C=O) groups excluding carboxylic acids is 1. The fraction of sp³-hybridized carbons (Fsp3) is 0.500. The zero-order chi connectivity index (χ0) is 14.8. The number of methoxy groups -OCH3 is 2. The van der Waals surface area contributed by atoms with Crippen molar-refractivity contribution in [1.82, 2.24) is 5.32 Å². The second-order valence-electron chi connectivity index (χ2n) is 4.86. The molecule has 1 aliphatic carbocycles. The SMILES string of the molecule is COc1cc(OC)c(N)c(C(=O)NCC2(SC)CC2)c1. The van der Waals surface area contributed by atoms with Crippen LogP contribution in [0.25, 0.3) is 0 Å². The zero-order valence-corrected chi connectivity index (χ0v) is 12.8. The van der Waals surface area contributed by atoms with Crippen LogP contribution in [0, 0.1) is 0 Å². The third-order valence-electron chi connectivity index (χ3n) is 3.63. The summed E-state index contributed by atoms with van der Waals surface area (Å²) in [6, 6.07) is 3.29. The molecule has 2 rings (SSSR count). The molecule has 6 heteroatoms. The van der Waals surface area contributed by atoms with Gasteiger partial charge >= 0.3 is 0 Å². The Bertz CT molecular complexity index is 515. The summed E-state index contributed by atoms with van der Waals surface area (Å²) < 4.78 is 10.5. The highest BCUT2D eigenvalue weighted by Gasteiger charge is 2.42. The van der Waals surface area contributed by atoms with E-state index in [1.54, 1.807) is 31.0 Å². The molecule has 0 saturated heterocycles. The number of amides is 1. The first-order chi connectivity index (χ1) is 9.55. The molecule has 1 saturated carbocycles. The van der Waals surface area contributed by atoms with E-state index in [4.69, 9.17) is 15.2 Å². The van der Waals surface area contributed by atoms with Crippen molar-refractivity contribution >= 4 is 23.4 Å². The molecule has 0 spiro atoms. The van der Waals surface area contributed by atoms with Crippen molar-refractivity contribution in [3.05, 3.63) is 17.7 Å². The van der Waals surface area contributed by atoms with Gasteiger partial charge in [0.25, 0.3) is 5.91 Å². The molecule has 1 amide bonds. The lowest BCUT2D eigenvalue weighted by molar-refractivity contribution is 0.0953. The van der Waals surface area contributed by atoms with Crippen molar-refractivity contribution in [3.8, 4) is 11.5 Å². The predicted molar refractivity (Wildman–Crippen MR) is 81.8 cm³/mol. The molecular weight excluding hydrogens is 276 g/mol. The summed E-state index contributed by atoms with van der Waals surface area (Å²) in [5.41, 5.74) is 6.68. The average molecular weight is 296 g/mol. The third-order valence-corrected chi connectivity index (χ3v) is 5.05. The first-order valence-corrected chi connectivity index (χ1v) is 7.62. The summed E-state index contributed by atoms with van der Waals surface area (Å²) in [7, 11) is 3.05. The summed E-state index contributed by atoms with van der Waals surface area (Å²) in [6.07, 6.45) is 4.36. The molecule has 20 heavy (non-hydrogen) atoms. The van der Waals surface area contributed by atoms with Crippen LogP contribution in [0.15, 0.2) is 12.1 Å². The number of ether oxygens (including phenoxy) is 2. The van der Waals surface area contributed by atoms with Gasteiger partial charge in [0.1, 0.15) is 11.5 Å². The number of hydrogen-bond donors (Lipinski definition) is 2. The minimum atomic E-state index is -0.194. The van der Waals surface area contributed by atoms with E-state index >= 15 is 0 Å². The Balaban J connectivity index is 2.16. The van der Waals surface area contributed by atoms with E-state index in [1.165, 1.54) is 7.11 Å². The van der Waals surface area contributed by atoms with Crippen LogP contribution in [-0.2, 0) is 0 Å². The van der Waals surface area contributed by atoms with Gasteiger partial charge in [-0.3, -0.25) is 4.79 Å². The molecule has 0 atom stereocenters. The fourth-order valence-corrected chi connectivity index (χ4v) is 2.73. The van der Waals surface area contributed by atoms with E-state index in [9.17, 15) is 4.79 Å². The number of thioether (sulfide) groups is 1. The number of anilines is 1. The smallest absolute Gasteiger partial charge is 0.253 e. The number of nitrogens with two attached hydrogens (primary N) is 1. The molecule has 3 N–H and O–H groups in total. The summed E-state index contributed by atoms with van der Waals surface area (Å²) in [5, 5.41) is 2.95. The van der Waals surface area contributed by atoms with Gasteiger partial charge in [-0.25, -0.2) is 0 Å². The van der Waals surface area contributed by atoms with Crippen molar-refractivity contribution in [2.45, 2.75) is 17.6 Å². The maximum absolute atomic E-state index is 12.3. The summed E-state index contributed by atoms with van der Waals surface area (Å²) >= 11 is 1.80. The van der Waals surface area contributed by atoms with Crippen molar-refractivity contribution in [1.29, 1.82) is 0 Å². The molecular formula is C14H20N2O3S. The van der Waals surface area contributed by atoms with Crippen molar-refractivity contribution < 1.29 is 14.3 Å². The van der Waals surface area contributed by atoms with Crippen molar-refractivity contribution in [2.75, 3.05) is 32.8 Å². The number of hydrogen-bond acceptors (Lipinski definition) is 5. The number of benzene rings is 1. The van der Waals surface area contributed by atoms with Crippen LogP contribution in [0.3, 0.4) is 0 Å². The maximum atomic E-state index is 12.3. The predicted octanol–water partition coefficient (Wildman–Crippen LogP) is 1.91. The molecule has 5 nitrogen and oxygen atoms in total. The Hall–Kier alpha value is -1.56. The highest BCUT2D eigenvalue weighted by molar-refractivity contribution is 8.00. The van der Waals surface area contributed by atoms with Gasteiger partial charge in [-0.1, -0.05) is 0 Å². The lowest BCUT2D eigenvalue weighted by Crippen LogP contribution is -2.32. The summed E-state index contributed by atoms with van der Waals surface area (Å²) in [6.45, 7) is 0.659. The molecule has 0 radical (unpaired) electrons. The third kappa shape index (κ3) is 2.95. The second-order valence-corrected chi connectivity index (χ2v) is 6.13. The van der Waals surface area contributed by atoms with Crippen LogP contribution in [0.5, 0.6) is 11.5 Å². The summed E-state index contributed by atoms with van der Waals surface area (Å²) in [5.74, 6) is 0.799. The first-order valence-electron chi connectivity index (χ1n) is 6.40. The Kier molecular flexibility index (Phi) is 4.32. The van der Waals surface area contributed by atoms with Gasteiger partial charge < -0.3 is 20.5 Å². The first kappa shape index (κ1) is 14.8. The zero-order valence-electron chi connectivity index (χ0n) is 12.0. The minimum absolute atomic E-state index is 0.194. The van der Waals surface area contributed by atoms with E-state index in [-0.39, 0.29) is 10.7 Å². The van der Waals surface area contributed by atoms with Crippen LogP contribution >= 0.6 is 11.8 Å². The second kappa shape index (κ2) is 5.83. The van der Waals surface area contributed by atoms with E-state index in [0.29, 0.717) is 29.3 Å². The van der Waals surface area contributed by atoms with Crippen molar-refractivity contribution in [2.24, 2.45) is 0 Å². The van der Waals surface area contributed by atoms with Gasteiger partial charge in [0, 0.05) is 17.4 Å². The van der Waals surface area contributed by atoms with Crippen molar-refractivity contribution in [3.63, 3.8) is 0 Å². The van der Waals surface area contributed by atoms with Gasteiger partial charge in [0.2, 0.25) is 0 Å². The largest absolute Gasteiger partial charge is 0.497 e. The molecule has 0 aromatic heterocycles. The number of carbonyl (C=O) groups is 1. The number of rotatable bonds is 6. The highest BCUT2D eigenvalue weighted by atomic mass is 32.2.